The zero-order valence-electron chi connectivity index (χ0n) is 13.6. The van der Waals surface area contributed by atoms with Gasteiger partial charge in [0.15, 0.2) is 0 Å². The molecule has 0 amide bonds. The summed E-state index contributed by atoms with van der Waals surface area (Å²) in [5, 5.41) is 0. The van der Waals surface area contributed by atoms with Gasteiger partial charge in [0, 0.05) is 12.3 Å². The lowest BCUT2D eigenvalue weighted by molar-refractivity contribution is -0.123. The van der Waals surface area contributed by atoms with Crippen molar-refractivity contribution in [3.05, 3.63) is 0 Å². The second-order valence-electron chi connectivity index (χ2n) is 6.88. The highest BCUT2D eigenvalue weighted by Crippen LogP contribution is 2.26. The van der Waals surface area contributed by atoms with E-state index in [0.29, 0.717) is 18.6 Å². The Morgan fingerprint density at radius 1 is 0.864 bits per heavy atom. The largest absolute Gasteiger partial charge is 0.299 e. The highest BCUT2D eigenvalue weighted by atomic mass is 32.2. The zero-order chi connectivity index (χ0) is 15.8. The summed E-state index contributed by atoms with van der Waals surface area (Å²) >= 11 is 0. The van der Waals surface area contributed by atoms with Crippen LogP contribution in [0.15, 0.2) is 0 Å². The van der Waals surface area contributed by atoms with E-state index in [0.717, 1.165) is 51.4 Å². The summed E-state index contributed by atoms with van der Waals surface area (Å²) in [4.78, 5) is 12.0. The van der Waals surface area contributed by atoms with Gasteiger partial charge in [-0.25, -0.2) is 0 Å². The summed E-state index contributed by atoms with van der Waals surface area (Å²) in [7, 11) is -3.37. The molecule has 0 saturated heterocycles. The van der Waals surface area contributed by atoms with Gasteiger partial charge in [-0.3, -0.25) is 8.98 Å². The Morgan fingerprint density at radius 3 is 2.18 bits per heavy atom. The molecule has 0 unspecified atom stereocenters. The van der Waals surface area contributed by atoms with Crippen LogP contribution in [0.25, 0.3) is 0 Å². The predicted octanol–water partition coefficient (Wildman–Crippen LogP) is 3.99. The first-order valence-corrected chi connectivity index (χ1v) is 10.6. The lowest BCUT2D eigenvalue weighted by atomic mass is 9.84. The topological polar surface area (TPSA) is 60.4 Å². The lowest BCUT2D eigenvalue weighted by Crippen LogP contribution is -2.18. The summed E-state index contributed by atoms with van der Waals surface area (Å²) < 4.78 is 28.9. The third-order valence-electron chi connectivity index (χ3n) is 4.96. The van der Waals surface area contributed by atoms with Gasteiger partial charge in [-0.15, -0.1) is 0 Å². The van der Waals surface area contributed by atoms with E-state index in [1.807, 2.05) is 0 Å². The Morgan fingerprint density at radius 2 is 1.50 bits per heavy atom. The van der Waals surface area contributed by atoms with E-state index in [2.05, 4.69) is 0 Å². The normalized spacial score (nSPS) is 21.3. The lowest BCUT2D eigenvalue weighted by Gasteiger charge is -2.20. The number of hydrogen-bond donors (Lipinski definition) is 0. The summed E-state index contributed by atoms with van der Waals surface area (Å²) in [6.45, 7) is 0. The van der Waals surface area contributed by atoms with E-state index in [1.165, 1.54) is 19.3 Å². The fourth-order valence-electron chi connectivity index (χ4n) is 3.62. The van der Waals surface area contributed by atoms with Crippen molar-refractivity contribution in [1.29, 1.82) is 0 Å². The van der Waals surface area contributed by atoms with E-state index in [1.54, 1.807) is 0 Å². The molecule has 2 saturated carbocycles. The number of rotatable bonds is 9. The molecule has 0 radical (unpaired) electrons. The van der Waals surface area contributed by atoms with E-state index >= 15 is 0 Å². The number of unbranched alkanes of at least 4 members (excludes halogenated alkanes) is 2. The van der Waals surface area contributed by atoms with Crippen molar-refractivity contribution in [3.8, 4) is 0 Å². The first-order chi connectivity index (χ1) is 10.6. The molecule has 0 aromatic rings. The molecule has 0 atom stereocenters. The average molecular weight is 330 g/mol. The maximum Gasteiger partial charge on any atom is 0.267 e. The van der Waals surface area contributed by atoms with Crippen LogP contribution in [0.3, 0.4) is 0 Å². The predicted molar refractivity (Wildman–Crippen MR) is 87.2 cm³/mol. The van der Waals surface area contributed by atoms with E-state index in [-0.39, 0.29) is 17.8 Å². The second-order valence-corrected chi connectivity index (χ2v) is 8.59. The third kappa shape index (κ3) is 6.37. The summed E-state index contributed by atoms with van der Waals surface area (Å²) in [6, 6.07) is 0. The van der Waals surface area contributed by atoms with Crippen LogP contribution < -0.4 is 0 Å². The fraction of sp³-hybridized carbons (Fsp3) is 0.941. The zero-order valence-corrected chi connectivity index (χ0v) is 14.4. The van der Waals surface area contributed by atoms with Gasteiger partial charge in [0.05, 0.1) is 11.9 Å². The van der Waals surface area contributed by atoms with E-state index in [4.69, 9.17) is 4.18 Å². The molecule has 0 aromatic carbocycles. The smallest absolute Gasteiger partial charge is 0.267 e. The molecule has 2 rings (SSSR count). The van der Waals surface area contributed by atoms with Gasteiger partial charge in [0.1, 0.15) is 5.78 Å². The van der Waals surface area contributed by atoms with Crippen molar-refractivity contribution >= 4 is 15.9 Å². The van der Waals surface area contributed by atoms with Crippen LogP contribution in [-0.2, 0) is 19.1 Å². The molecule has 22 heavy (non-hydrogen) atoms. The molecule has 5 heteroatoms. The molecule has 0 heterocycles. The number of ketones is 1. The Kier molecular flexibility index (Phi) is 7.35. The molecule has 2 fully saturated rings. The van der Waals surface area contributed by atoms with Crippen molar-refractivity contribution in [2.75, 3.05) is 5.75 Å². The van der Waals surface area contributed by atoms with Gasteiger partial charge in [-0.1, -0.05) is 38.5 Å². The SMILES string of the molecule is O=C(CCCCCS(=O)(=O)OC1CCCC1)C1CCCCC1. The van der Waals surface area contributed by atoms with Gasteiger partial charge >= 0.3 is 0 Å². The molecule has 0 spiro atoms. The van der Waals surface area contributed by atoms with Crippen LogP contribution in [0.4, 0.5) is 0 Å². The molecule has 2 aliphatic carbocycles. The van der Waals surface area contributed by atoms with Crippen LogP contribution >= 0.6 is 0 Å². The van der Waals surface area contributed by atoms with Crippen LogP contribution in [0.5, 0.6) is 0 Å². The highest BCUT2D eigenvalue weighted by Gasteiger charge is 2.23. The standard InChI is InChI=1S/C17H30O4S/c18-17(15-9-3-1-4-10-15)13-5-2-8-14-22(19,20)21-16-11-6-7-12-16/h15-16H,1-14H2. The molecule has 0 aromatic heterocycles. The average Bonchev–Trinajstić information content (AvgIpc) is 2.99. The maximum atomic E-state index is 12.0. The minimum Gasteiger partial charge on any atom is -0.299 e. The molecule has 0 N–H and O–H groups in total. The second kappa shape index (κ2) is 9.02. The van der Waals surface area contributed by atoms with Gasteiger partial charge in [0.2, 0.25) is 0 Å². The first kappa shape index (κ1) is 17.9. The van der Waals surface area contributed by atoms with Crippen molar-refractivity contribution in [3.63, 3.8) is 0 Å². The number of carbonyl (C=O) groups is 1. The molecule has 0 aliphatic heterocycles. The van der Waals surface area contributed by atoms with Crippen molar-refractivity contribution in [2.45, 2.75) is 89.6 Å². The minimum atomic E-state index is -3.37. The molecule has 0 bridgehead atoms. The highest BCUT2D eigenvalue weighted by molar-refractivity contribution is 7.86. The van der Waals surface area contributed by atoms with Gasteiger partial charge < -0.3 is 0 Å². The summed E-state index contributed by atoms with van der Waals surface area (Å²) in [6.07, 6.45) is 12.4. The Bertz CT molecular complexity index is 432. The van der Waals surface area contributed by atoms with Crippen molar-refractivity contribution in [1.82, 2.24) is 0 Å². The monoisotopic (exact) mass is 330 g/mol. The van der Waals surface area contributed by atoms with Crippen LogP contribution in [0, 0.1) is 5.92 Å². The van der Waals surface area contributed by atoms with Gasteiger partial charge in [-0.2, -0.15) is 8.42 Å². The van der Waals surface area contributed by atoms with Gasteiger partial charge in [0.25, 0.3) is 10.1 Å². The molecule has 2 aliphatic rings. The van der Waals surface area contributed by atoms with Crippen LogP contribution in [0.1, 0.15) is 83.5 Å². The Hall–Kier alpha value is -0.420. The third-order valence-corrected chi connectivity index (χ3v) is 6.32. The number of carbonyl (C=O) groups excluding carboxylic acids is 1. The van der Waals surface area contributed by atoms with E-state index < -0.39 is 10.1 Å². The maximum absolute atomic E-state index is 12.0. The molecule has 4 nitrogen and oxygen atoms in total. The van der Waals surface area contributed by atoms with Gasteiger partial charge in [-0.05, 0) is 38.5 Å². The number of hydrogen-bond acceptors (Lipinski definition) is 4. The van der Waals surface area contributed by atoms with E-state index in [9.17, 15) is 13.2 Å². The van der Waals surface area contributed by atoms with Crippen LogP contribution in [-0.4, -0.2) is 26.1 Å². The Balaban J connectivity index is 1.55. The molecular formula is C17H30O4S. The van der Waals surface area contributed by atoms with Crippen LogP contribution in [0.2, 0.25) is 0 Å². The molecule has 128 valence electrons. The Labute approximate surface area is 135 Å². The molecular weight excluding hydrogens is 300 g/mol. The van der Waals surface area contributed by atoms with Crippen molar-refractivity contribution < 1.29 is 17.4 Å². The summed E-state index contributed by atoms with van der Waals surface area (Å²) in [5.74, 6) is 0.772. The minimum absolute atomic E-state index is 0.0853. The summed E-state index contributed by atoms with van der Waals surface area (Å²) in [5.41, 5.74) is 0. The first-order valence-electron chi connectivity index (χ1n) is 9.00. The fourth-order valence-corrected chi connectivity index (χ4v) is 4.88. The quantitative estimate of drug-likeness (QED) is 0.474. The number of Topliss-reactive ketones (excluding diaryl/α,β-unsaturated/α-hetero) is 1. The van der Waals surface area contributed by atoms with Crippen molar-refractivity contribution in [2.24, 2.45) is 5.92 Å².